The summed E-state index contributed by atoms with van der Waals surface area (Å²) in [4.78, 5) is 0. The van der Waals surface area contributed by atoms with Gasteiger partial charge in [0.15, 0.2) is 0 Å². The Morgan fingerprint density at radius 1 is 1.27 bits per heavy atom. The van der Waals surface area contributed by atoms with Crippen molar-refractivity contribution in [3.63, 3.8) is 0 Å². The highest BCUT2D eigenvalue weighted by Crippen LogP contribution is 2.37. The van der Waals surface area contributed by atoms with Crippen molar-refractivity contribution in [1.82, 2.24) is 0 Å². The molecule has 0 aliphatic carbocycles. The number of benzene rings is 2. The van der Waals surface area contributed by atoms with Crippen LogP contribution in [0, 0.1) is 0 Å². The van der Waals surface area contributed by atoms with Crippen LogP contribution in [0.15, 0.2) is 53.6 Å². The molecule has 0 fully saturated rings. The Kier molecular flexibility index (Phi) is 4.32. The monoisotopic (exact) mass is 315 g/mol. The lowest BCUT2D eigenvalue weighted by Crippen LogP contribution is -2.18. The summed E-state index contributed by atoms with van der Waals surface area (Å²) >= 11 is 6.25. The average Bonchev–Trinajstić information content (AvgIpc) is 3.00. The van der Waals surface area contributed by atoms with Crippen molar-refractivity contribution < 1.29 is 4.74 Å². The largest absolute Gasteiger partial charge is 0.495 e. The van der Waals surface area contributed by atoms with E-state index >= 15 is 0 Å². The minimum absolute atomic E-state index is 0.143. The lowest BCUT2D eigenvalue weighted by atomic mass is 10.0. The molecule has 0 bridgehead atoms. The van der Waals surface area contributed by atoms with Crippen molar-refractivity contribution in [1.29, 1.82) is 0 Å². The van der Waals surface area contributed by atoms with Crippen LogP contribution in [0.25, 0.3) is 0 Å². The quantitative estimate of drug-likeness (QED) is 0.937. The van der Waals surface area contributed by atoms with Crippen molar-refractivity contribution in [2.75, 3.05) is 18.7 Å². The van der Waals surface area contributed by atoms with Crippen LogP contribution in [0.1, 0.15) is 18.0 Å². The Balaban J connectivity index is 1.98. The molecule has 0 aromatic heterocycles. The van der Waals surface area contributed by atoms with Gasteiger partial charge in [0.1, 0.15) is 5.75 Å². The van der Waals surface area contributed by atoms with E-state index in [4.69, 9.17) is 22.1 Å². The molecule has 0 spiro atoms. The molecule has 1 atom stereocenters. The first-order valence-corrected chi connectivity index (χ1v) is 7.55. The zero-order chi connectivity index (χ0) is 15.5. The van der Waals surface area contributed by atoms with E-state index in [0.29, 0.717) is 17.3 Å². The second kappa shape index (κ2) is 6.38. The van der Waals surface area contributed by atoms with Gasteiger partial charge in [-0.3, -0.25) is 5.01 Å². The summed E-state index contributed by atoms with van der Waals surface area (Å²) in [5.41, 5.74) is 8.92. The maximum atomic E-state index is 6.25. The number of anilines is 1. The van der Waals surface area contributed by atoms with Gasteiger partial charge in [-0.2, -0.15) is 5.10 Å². The number of hydrogen-bond acceptors (Lipinski definition) is 4. The second-order valence-corrected chi connectivity index (χ2v) is 5.57. The number of hydrazone groups is 1. The Labute approximate surface area is 135 Å². The molecule has 4 nitrogen and oxygen atoms in total. The van der Waals surface area contributed by atoms with Gasteiger partial charge in [-0.1, -0.05) is 41.9 Å². The molecule has 2 aromatic carbocycles. The van der Waals surface area contributed by atoms with Crippen molar-refractivity contribution in [2.45, 2.75) is 12.5 Å². The van der Waals surface area contributed by atoms with Gasteiger partial charge in [0.2, 0.25) is 0 Å². The van der Waals surface area contributed by atoms with Crippen LogP contribution in [0.4, 0.5) is 5.69 Å². The van der Waals surface area contributed by atoms with Crippen LogP contribution >= 0.6 is 11.6 Å². The lowest BCUT2D eigenvalue weighted by Gasteiger charge is -2.24. The first-order valence-electron chi connectivity index (χ1n) is 7.17. The Morgan fingerprint density at radius 2 is 2.05 bits per heavy atom. The number of halogens is 1. The smallest absolute Gasteiger partial charge is 0.137 e. The van der Waals surface area contributed by atoms with Gasteiger partial charge in [-0.15, -0.1) is 0 Å². The van der Waals surface area contributed by atoms with E-state index in [-0.39, 0.29) is 6.04 Å². The fourth-order valence-corrected chi connectivity index (χ4v) is 2.92. The van der Waals surface area contributed by atoms with E-state index in [1.54, 1.807) is 7.11 Å². The van der Waals surface area contributed by atoms with Gasteiger partial charge in [0, 0.05) is 13.0 Å². The molecule has 1 aliphatic heterocycles. The molecule has 0 radical (unpaired) electrons. The molecule has 2 N–H and O–H groups in total. The summed E-state index contributed by atoms with van der Waals surface area (Å²) in [5, 5.41) is 7.22. The summed E-state index contributed by atoms with van der Waals surface area (Å²) in [5.74, 6) is 0.656. The predicted molar refractivity (Wildman–Crippen MR) is 90.8 cm³/mol. The normalized spacial score (nSPS) is 17.5. The van der Waals surface area contributed by atoms with Crippen molar-refractivity contribution in [3.8, 4) is 5.75 Å². The molecular weight excluding hydrogens is 298 g/mol. The van der Waals surface area contributed by atoms with Crippen LogP contribution < -0.4 is 15.5 Å². The minimum Gasteiger partial charge on any atom is -0.495 e. The molecule has 1 unspecified atom stereocenters. The molecular formula is C17H18ClN3O. The first-order chi connectivity index (χ1) is 10.7. The van der Waals surface area contributed by atoms with E-state index in [2.05, 4.69) is 17.2 Å². The van der Waals surface area contributed by atoms with Gasteiger partial charge < -0.3 is 10.5 Å². The van der Waals surface area contributed by atoms with Crippen molar-refractivity contribution in [2.24, 2.45) is 10.8 Å². The zero-order valence-electron chi connectivity index (χ0n) is 12.4. The third kappa shape index (κ3) is 2.80. The molecule has 0 saturated carbocycles. The second-order valence-electron chi connectivity index (χ2n) is 5.16. The van der Waals surface area contributed by atoms with Gasteiger partial charge >= 0.3 is 0 Å². The predicted octanol–water partition coefficient (Wildman–Crippen LogP) is 3.61. The van der Waals surface area contributed by atoms with Crippen LogP contribution in [0.2, 0.25) is 5.02 Å². The van der Waals surface area contributed by atoms with Crippen LogP contribution in [-0.4, -0.2) is 19.4 Å². The summed E-state index contributed by atoms with van der Waals surface area (Å²) < 4.78 is 5.21. The number of hydrogen-bond donors (Lipinski definition) is 1. The van der Waals surface area contributed by atoms with E-state index in [9.17, 15) is 0 Å². The summed E-state index contributed by atoms with van der Waals surface area (Å²) in [6.45, 7) is 0.462. The zero-order valence-corrected chi connectivity index (χ0v) is 13.1. The first kappa shape index (κ1) is 14.9. The lowest BCUT2D eigenvalue weighted by molar-refractivity contribution is 0.415. The fraction of sp³-hybridized carbons (Fsp3) is 0.235. The van der Waals surface area contributed by atoms with Gasteiger partial charge in [0.25, 0.3) is 0 Å². The number of nitrogens with two attached hydrogens (primary N) is 1. The van der Waals surface area contributed by atoms with Gasteiger partial charge in [0.05, 0.1) is 29.6 Å². The number of rotatable bonds is 4. The molecule has 22 heavy (non-hydrogen) atoms. The van der Waals surface area contributed by atoms with E-state index in [1.807, 2.05) is 41.4 Å². The SMILES string of the molecule is COc1ccc(N2N=C(CN)CC2c2ccccc2)cc1Cl. The van der Waals surface area contributed by atoms with E-state index < -0.39 is 0 Å². The average molecular weight is 316 g/mol. The fourth-order valence-electron chi connectivity index (χ4n) is 2.67. The summed E-state index contributed by atoms with van der Waals surface area (Å²) in [7, 11) is 1.61. The highest BCUT2D eigenvalue weighted by atomic mass is 35.5. The third-order valence-corrected chi connectivity index (χ3v) is 4.09. The highest BCUT2D eigenvalue weighted by Gasteiger charge is 2.28. The Bertz CT molecular complexity index is 688. The standard InChI is InChI=1S/C17H18ClN3O/c1-22-17-8-7-14(10-15(17)18)21-16(9-13(11-19)20-21)12-5-3-2-4-6-12/h2-8,10,16H,9,11,19H2,1H3. The van der Waals surface area contributed by atoms with E-state index in [0.717, 1.165) is 17.8 Å². The Morgan fingerprint density at radius 3 is 2.68 bits per heavy atom. The molecule has 0 amide bonds. The highest BCUT2D eigenvalue weighted by molar-refractivity contribution is 6.32. The van der Waals surface area contributed by atoms with Crippen LogP contribution in [0.5, 0.6) is 5.75 Å². The topological polar surface area (TPSA) is 50.8 Å². The third-order valence-electron chi connectivity index (χ3n) is 3.79. The Hall–Kier alpha value is -2.04. The molecule has 1 aliphatic rings. The maximum Gasteiger partial charge on any atom is 0.137 e. The number of nitrogens with zero attached hydrogens (tertiary/aromatic N) is 2. The molecule has 0 saturated heterocycles. The van der Waals surface area contributed by atoms with Gasteiger partial charge in [-0.25, -0.2) is 0 Å². The number of methoxy groups -OCH3 is 1. The maximum absolute atomic E-state index is 6.25. The van der Waals surface area contributed by atoms with Crippen molar-refractivity contribution in [3.05, 3.63) is 59.1 Å². The summed E-state index contributed by atoms with van der Waals surface area (Å²) in [6.07, 6.45) is 0.824. The molecule has 2 aromatic rings. The van der Waals surface area contributed by atoms with Crippen LogP contribution in [0.3, 0.4) is 0 Å². The summed E-state index contributed by atoms with van der Waals surface area (Å²) in [6, 6.07) is 16.1. The van der Waals surface area contributed by atoms with Crippen molar-refractivity contribution >= 4 is 23.0 Å². The number of ether oxygens (including phenoxy) is 1. The van der Waals surface area contributed by atoms with Crippen LogP contribution in [-0.2, 0) is 0 Å². The molecule has 3 rings (SSSR count). The minimum atomic E-state index is 0.143. The molecule has 5 heteroatoms. The van der Waals surface area contributed by atoms with E-state index in [1.165, 1.54) is 5.56 Å². The van der Waals surface area contributed by atoms with Gasteiger partial charge in [-0.05, 0) is 23.8 Å². The molecule has 114 valence electrons. The molecule has 1 heterocycles.